The Balaban J connectivity index is 3.25. The number of ether oxygens (including phenoxy) is 1. The van der Waals surface area contributed by atoms with Crippen molar-refractivity contribution in [1.29, 1.82) is 0 Å². The number of benzene rings is 1. The van der Waals surface area contributed by atoms with E-state index in [4.69, 9.17) is 4.74 Å². The Morgan fingerprint density at radius 2 is 1.95 bits per heavy atom. The second-order valence-electron chi connectivity index (χ2n) is 6.01. The number of aryl methyl sites for hydroxylation is 1. The number of rotatable bonds is 4. The number of aliphatic carboxylic acids is 1. The third kappa shape index (κ3) is 4.44. The van der Waals surface area contributed by atoms with Crippen LogP contribution in [0.25, 0.3) is 0 Å². The minimum Gasteiger partial charge on any atom is -0.479 e. The molecule has 1 aromatic rings. The normalized spacial score (nSPS) is 12.6. The summed E-state index contributed by atoms with van der Waals surface area (Å²) in [5, 5.41) is 9.52. The van der Waals surface area contributed by atoms with Crippen molar-refractivity contribution in [3.05, 3.63) is 35.1 Å². The average molecular weight is 311 g/mol. The maximum absolute atomic E-state index is 13.5. The molecule has 1 rings (SSSR count). The van der Waals surface area contributed by atoms with Crippen molar-refractivity contribution in [3.63, 3.8) is 0 Å². The van der Waals surface area contributed by atoms with E-state index in [1.165, 1.54) is 12.1 Å². The molecule has 6 heteroatoms. The molecule has 1 atom stereocenters. The smallest absolute Gasteiger partial charge is 0.411 e. The van der Waals surface area contributed by atoms with Crippen LogP contribution >= 0.6 is 0 Å². The van der Waals surface area contributed by atoms with Crippen molar-refractivity contribution < 1.29 is 23.8 Å². The summed E-state index contributed by atoms with van der Waals surface area (Å²) in [6.45, 7) is 8.54. The lowest BCUT2D eigenvalue weighted by molar-refractivity contribution is -0.143. The molecule has 0 fully saturated rings. The largest absolute Gasteiger partial charge is 0.479 e. The van der Waals surface area contributed by atoms with E-state index in [9.17, 15) is 19.1 Å². The molecule has 1 amide bonds. The van der Waals surface area contributed by atoms with E-state index in [0.29, 0.717) is 5.56 Å². The number of carbonyl (C=O) groups is 2. The van der Waals surface area contributed by atoms with Gasteiger partial charge in [-0.05, 0) is 57.9 Å². The van der Waals surface area contributed by atoms with E-state index >= 15 is 0 Å². The van der Waals surface area contributed by atoms with Crippen LogP contribution in [0.15, 0.2) is 18.2 Å². The highest BCUT2D eigenvalue weighted by Gasteiger charge is 2.34. The molecule has 0 aliphatic heterocycles. The number of carboxylic acids is 1. The molecule has 1 N–H and O–H groups in total. The zero-order chi connectivity index (χ0) is 17.1. The van der Waals surface area contributed by atoms with Crippen LogP contribution in [0.3, 0.4) is 0 Å². The maximum atomic E-state index is 13.5. The maximum Gasteiger partial charge on any atom is 0.411 e. The van der Waals surface area contributed by atoms with E-state index in [0.717, 1.165) is 11.0 Å². The highest BCUT2D eigenvalue weighted by Crippen LogP contribution is 2.27. The van der Waals surface area contributed by atoms with Gasteiger partial charge in [0.1, 0.15) is 11.4 Å². The molecule has 0 aromatic heterocycles. The molecule has 5 nitrogen and oxygen atoms in total. The summed E-state index contributed by atoms with van der Waals surface area (Å²) in [5.41, 5.74) is 0.0841. The highest BCUT2D eigenvalue weighted by molar-refractivity contribution is 5.82. The Hall–Kier alpha value is -2.11. The molecule has 22 heavy (non-hydrogen) atoms. The molecule has 0 saturated carbocycles. The average Bonchev–Trinajstić information content (AvgIpc) is 2.36. The molecule has 1 unspecified atom stereocenters. The van der Waals surface area contributed by atoms with Gasteiger partial charge in [0, 0.05) is 6.54 Å². The fraction of sp³-hybridized carbons (Fsp3) is 0.500. The molecule has 0 spiro atoms. The summed E-state index contributed by atoms with van der Waals surface area (Å²) in [7, 11) is 0. The Morgan fingerprint density at radius 1 is 1.36 bits per heavy atom. The van der Waals surface area contributed by atoms with Crippen LogP contribution in [-0.4, -0.2) is 34.2 Å². The van der Waals surface area contributed by atoms with Crippen LogP contribution in [0.1, 0.15) is 44.9 Å². The van der Waals surface area contributed by atoms with Gasteiger partial charge in [0.15, 0.2) is 6.04 Å². The van der Waals surface area contributed by atoms with Crippen LogP contribution in [0.4, 0.5) is 9.18 Å². The molecule has 0 aliphatic carbocycles. The zero-order valence-corrected chi connectivity index (χ0v) is 13.5. The first-order valence-electron chi connectivity index (χ1n) is 7.05. The SMILES string of the molecule is CCN(C(=O)OC(C)(C)C)C(C(=O)O)c1cc(F)ccc1C. The van der Waals surface area contributed by atoms with E-state index in [-0.39, 0.29) is 12.1 Å². The predicted molar refractivity (Wildman–Crippen MR) is 80.1 cm³/mol. The van der Waals surface area contributed by atoms with Gasteiger partial charge in [-0.3, -0.25) is 4.90 Å². The quantitative estimate of drug-likeness (QED) is 0.924. The first-order chi connectivity index (χ1) is 10.1. The van der Waals surface area contributed by atoms with Gasteiger partial charge in [-0.25, -0.2) is 14.0 Å². The fourth-order valence-corrected chi connectivity index (χ4v) is 2.08. The first kappa shape index (κ1) is 17.9. The molecular formula is C16H22FNO4. The number of halogens is 1. The number of amides is 1. The first-order valence-corrected chi connectivity index (χ1v) is 7.05. The predicted octanol–water partition coefficient (Wildman–Crippen LogP) is 3.52. The number of nitrogens with zero attached hydrogens (tertiary/aromatic N) is 1. The van der Waals surface area contributed by atoms with Crippen LogP contribution in [0.5, 0.6) is 0 Å². The standard InChI is InChI=1S/C16H22FNO4/c1-6-18(15(21)22-16(3,4)5)13(14(19)20)12-9-11(17)8-7-10(12)2/h7-9,13H,6H2,1-5H3,(H,19,20). The van der Waals surface area contributed by atoms with Crippen LogP contribution in [-0.2, 0) is 9.53 Å². The summed E-state index contributed by atoms with van der Waals surface area (Å²) >= 11 is 0. The van der Waals surface area contributed by atoms with Crippen molar-refractivity contribution >= 4 is 12.1 Å². The summed E-state index contributed by atoms with van der Waals surface area (Å²) in [5.74, 6) is -1.78. The van der Waals surface area contributed by atoms with Crippen molar-refractivity contribution in [2.75, 3.05) is 6.54 Å². The van der Waals surface area contributed by atoms with Gasteiger partial charge < -0.3 is 9.84 Å². The molecule has 0 aliphatic rings. The monoisotopic (exact) mass is 311 g/mol. The topological polar surface area (TPSA) is 66.8 Å². The van der Waals surface area contributed by atoms with E-state index < -0.39 is 29.5 Å². The van der Waals surface area contributed by atoms with Crippen molar-refractivity contribution in [1.82, 2.24) is 4.90 Å². The lowest BCUT2D eigenvalue weighted by atomic mass is 10.00. The van der Waals surface area contributed by atoms with Crippen LogP contribution < -0.4 is 0 Å². The van der Waals surface area contributed by atoms with Crippen molar-refractivity contribution in [2.24, 2.45) is 0 Å². The number of hydrogen-bond acceptors (Lipinski definition) is 3. The van der Waals surface area contributed by atoms with Gasteiger partial charge in [-0.1, -0.05) is 6.07 Å². The highest BCUT2D eigenvalue weighted by atomic mass is 19.1. The van der Waals surface area contributed by atoms with E-state index in [2.05, 4.69) is 0 Å². The van der Waals surface area contributed by atoms with E-state index in [1.54, 1.807) is 34.6 Å². The second-order valence-corrected chi connectivity index (χ2v) is 6.01. The number of hydrogen-bond donors (Lipinski definition) is 1. The van der Waals surface area contributed by atoms with Crippen LogP contribution in [0.2, 0.25) is 0 Å². The Labute approximate surface area is 129 Å². The third-order valence-corrected chi connectivity index (χ3v) is 3.05. The Morgan fingerprint density at radius 3 is 2.41 bits per heavy atom. The molecular weight excluding hydrogens is 289 g/mol. The third-order valence-electron chi connectivity index (χ3n) is 3.05. The zero-order valence-electron chi connectivity index (χ0n) is 13.5. The molecule has 1 aromatic carbocycles. The van der Waals surface area contributed by atoms with Gasteiger partial charge >= 0.3 is 12.1 Å². The summed E-state index contributed by atoms with van der Waals surface area (Å²) < 4.78 is 18.7. The minimum atomic E-state index is -1.30. The van der Waals surface area contributed by atoms with Crippen molar-refractivity contribution in [2.45, 2.75) is 46.3 Å². The Bertz CT molecular complexity index is 566. The summed E-state index contributed by atoms with van der Waals surface area (Å²) in [6, 6.07) is 2.59. The second kappa shape index (κ2) is 6.77. The van der Waals surface area contributed by atoms with Gasteiger partial charge in [0.25, 0.3) is 0 Å². The lowest BCUT2D eigenvalue weighted by Crippen LogP contribution is -2.42. The summed E-state index contributed by atoms with van der Waals surface area (Å²) in [6.07, 6.45) is -0.744. The molecule has 0 saturated heterocycles. The Kier molecular flexibility index (Phi) is 5.52. The number of carbonyl (C=O) groups excluding carboxylic acids is 1. The molecule has 0 radical (unpaired) electrons. The van der Waals surface area contributed by atoms with Crippen molar-refractivity contribution in [3.8, 4) is 0 Å². The molecule has 0 bridgehead atoms. The molecule has 0 heterocycles. The van der Waals surface area contributed by atoms with Gasteiger partial charge in [-0.15, -0.1) is 0 Å². The van der Waals surface area contributed by atoms with E-state index in [1.807, 2.05) is 0 Å². The molecule has 122 valence electrons. The summed E-state index contributed by atoms with van der Waals surface area (Å²) in [4.78, 5) is 25.0. The van der Waals surface area contributed by atoms with Crippen LogP contribution in [0, 0.1) is 12.7 Å². The lowest BCUT2D eigenvalue weighted by Gasteiger charge is -2.31. The minimum absolute atomic E-state index is 0.127. The fourth-order valence-electron chi connectivity index (χ4n) is 2.08. The van der Waals surface area contributed by atoms with Gasteiger partial charge in [-0.2, -0.15) is 0 Å². The van der Waals surface area contributed by atoms with Gasteiger partial charge in [0.05, 0.1) is 0 Å². The number of likely N-dealkylation sites (N-methyl/N-ethyl adjacent to an activating group) is 1. The van der Waals surface area contributed by atoms with Gasteiger partial charge in [0.2, 0.25) is 0 Å². The number of carboxylic acid groups (broad SMARTS) is 1.